The van der Waals surface area contributed by atoms with E-state index >= 15 is 0 Å². The van der Waals surface area contributed by atoms with Gasteiger partial charge in [-0.25, -0.2) is 0 Å². The summed E-state index contributed by atoms with van der Waals surface area (Å²) in [5.74, 6) is 0. The van der Waals surface area contributed by atoms with Gasteiger partial charge in [-0.2, -0.15) is 0 Å². The topological polar surface area (TPSA) is 15.3 Å². The molecule has 2 aliphatic rings. The summed E-state index contributed by atoms with van der Waals surface area (Å²) in [6, 6.07) is 1.69. The lowest BCUT2D eigenvalue weighted by molar-refractivity contribution is 0.146. The molecule has 2 rings (SSSR count). The Balaban J connectivity index is 2.00. The molecule has 0 aromatic carbocycles. The average Bonchev–Trinajstić information content (AvgIpc) is 2.50. The maximum absolute atomic E-state index is 3.58. The molecule has 2 heteroatoms. The van der Waals surface area contributed by atoms with Crippen molar-refractivity contribution < 1.29 is 0 Å². The van der Waals surface area contributed by atoms with Crippen LogP contribution in [0.4, 0.5) is 0 Å². The molecule has 0 aromatic rings. The molecule has 2 fully saturated rings. The van der Waals surface area contributed by atoms with Crippen LogP contribution in [0, 0.1) is 0 Å². The Labute approximate surface area is 69.0 Å². The molecule has 11 heavy (non-hydrogen) atoms. The zero-order chi connectivity index (χ0) is 7.68. The number of hydrogen-bond donors (Lipinski definition) is 1. The standard InChI is InChI=1S/C9H18N2/c1-2-11-7-3-4-8-9(11)5-6-10-8/h8-10H,2-7H2,1H3. The van der Waals surface area contributed by atoms with Crippen molar-refractivity contribution in [2.75, 3.05) is 19.6 Å². The summed E-state index contributed by atoms with van der Waals surface area (Å²) < 4.78 is 0. The van der Waals surface area contributed by atoms with Crippen LogP contribution in [-0.2, 0) is 0 Å². The van der Waals surface area contributed by atoms with Gasteiger partial charge in [-0.05, 0) is 38.9 Å². The lowest BCUT2D eigenvalue weighted by Crippen LogP contribution is -2.48. The molecule has 2 saturated heterocycles. The fraction of sp³-hybridized carbons (Fsp3) is 1.00. The highest BCUT2D eigenvalue weighted by Gasteiger charge is 2.33. The molecule has 2 unspecified atom stereocenters. The van der Waals surface area contributed by atoms with Gasteiger partial charge in [0, 0.05) is 12.1 Å². The van der Waals surface area contributed by atoms with Gasteiger partial charge in [-0.15, -0.1) is 0 Å². The molecule has 0 radical (unpaired) electrons. The largest absolute Gasteiger partial charge is 0.312 e. The molecular weight excluding hydrogens is 136 g/mol. The Bertz CT molecular complexity index is 136. The number of likely N-dealkylation sites (N-methyl/N-ethyl adjacent to an activating group) is 1. The molecule has 64 valence electrons. The second-order valence-electron chi connectivity index (χ2n) is 3.69. The molecule has 2 atom stereocenters. The normalized spacial score (nSPS) is 39.0. The highest BCUT2D eigenvalue weighted by atomic mass is 15.2. The van der Waals surface area contributed by atoms with Crippen LogP contribution in [0.1, 0.15) is 26.2 Å². The molecule has 1 N–H and O–H groups in total. The summed E-state index contributed by atoms with van der Waals surface area (Å²) in [6.07, 6.45) is 4.17. The zero-order valence-corrected chi connectivity index (χ0v) is 7.34. The minimum Gasteiger partial charge on any atom is -0.312 e. The monoisotopic (exact) mass is 154 g/mol. The molecule has 0 bridgehead atoms. The van der Waals surface area contributed by atoms with E-state index in [1.807, 2.05) is 0 Å². The first-order valence-corrected chi connectivity index (χ1v) is 4.89. The Morgan fingerprint density at radius 1 is 1.45 bits per heavy atom. The van der Waals surface area contributed by atoms with E-state index in [0.29, 0.717) is 0 Å². The van der Waals surface area contributed by atoms with Crippen LogP contribution in [0.3, 0.4) is 0 Å². The number of rotatable bonds is 1. The molecular formula is C9H18N2. The fourth-order valence-electron chi connectivity index (χ4n) is 2.56. The van der Waals surface area contributed by atoms with Crippen LogP contribution < -0.4 is 5.32 Å². The molecule has 2 heterocycles. The van der Waals surface area contributed by atoms with Crippen LogP contribution >= 0.6 is 0 Å². The van der Waals surface area contributed by atoms with Crippen molar-refractivity contribution in [3.8, 4) is 0 Å². The van der Waals surface area contributed by atoms with Crippen LogP contribution in [0.15, 0.2) is 0 Å². The lowest BCUT2D eigenvalue weighted by atomic mass is 9.98. The minimum absolute atomic E-state index is 0.823. The number of nitrogens with zero attached hydrogens (tertiary/aromatic N) is 1. The number of nitrogens with one attached hydrogen (secondary N) is 1. The van der Waals surface area contributed by atoms with E-state index in [9.17, 15) is 0 Å². The lowest BCUT2D eigenvalue weighted by Gasteiger charge is -2.36. The van der Waals surface area contributed by atoms with Crippen molar-refractivity contribution in [3.05, 3.63) is 0 Å². The minimum atomic E-state index is 0.823. The molecule has 2 nitrogen and oxygen atoms in total. The first-order chi connectivity index (χ1) is 5.42. The van der Waals surface area contributed by atoms with Crippen LogP contribution in [0.5, 0.6) is 0 Å². The molecule has 0 aliphatic carbocycles. The quantitative estimate of drug-likeness (QED) is 0.602. The number of likely N-dealkylation sites (tertiary alicyclic amines) is 1. The van der Waals surface area contributed by atoms with Gasteiger partial charge in [0.1, 0.15) is 0 Å². The third kappa shape index (κ3) is 1.30. The summed E-state index contributed by atoms with van der Waals surface area (Å²) >= 11 is 0. The van der Waals surface area contributed by atoms with Crippen LogP contribution in [-0.4, -0.2) is 36.6 Å². The van der Waals surface area contributed by atoms with E-state index in [1.54, 1.807) is 0 Å². The Hall–Kier alpha value is -0.0800. The summed E-state index contributed by atoms with van der Waals surface area (Å²) in [4.78, 5) is 2.63. The number of piperidine rings is 1. The van der Waals surface area contributed by atoms with E-state index in [0.717, 1.165) is 12.1 Å². The third-order valence-corrected chi connectivity index (χ3v) is 3.15. The van der Waals surface area contributed by atoms with Crippen molar-refractivity contribution in [1.82, 2.24) is 10.2 Å². The van der Waals surface area contributed by atoms with Gasteiger partial charge < -0.3 is 5.32 Å². The molecule has 0 saturated carbocycles. The van der Waals surface area contributed by atoms with Gasteiger partial charge in [-0.1, -0.05) is 6.92 Å². The Kier molecular flexibility index (Phi) is 2.14. The highest BCUT2D eigenvalue weighted by molar-refractivity contribution is 4.93. The van der Waals surface area contributed by atoms with Crippen molar-refractivity contribution in [2.24, 2.45) is 0 Å². The maximum atomic E-state index is 3.58. The summed E-state index contributed by atoms with van der Waals surface area (Å²) in [7, 11) is 0. The predicted octanol–water partition coefficient (Wildman–Crippen LogP) is 0.833. The van der Waals surface area contributed by atoms with E-state index in [2.05, 4.69) is 17.1 Å². The fourth-order valence-corrected chi connectivity index (χ4v) is 2.56. The molecule has 0 aromatic heterocycles. The average molecular weight is 154 g/mol. The second-order valence-corrected chi connectivity index (χ2v) is 3.69. The van der Waals surface area contributed by atoms with Gasteiger partial charge in [0.05, 0.1) is 0 Å². The first-order valence-electron chi connectivity index (χ1n) is 4.89. The first kappa shape index (κ1) is 7.56. The van der Waals surface area contributed by atoms with Gasteiger partial charge >= 0.3 is 0 Å². The van der Waals surface area contributed by atoms with Crippen molar-refractivity contribution in [3.63, 3.8) is 0 Å². The van der Waals surface area contributed by atoms with Gasteiger partial charge in [0.15, 0.2) is 0 Å². The summed E-state index contributed by atoms with van der Waals surface area (Å²) in [5, 5.41) is 3.58. The molecule has 0 spiro atoms. The van der Waals surface area contributed by atoms with Gasteiger partial charge in [0.25, 0.3) is 0 Å². The Morgan fingerprint density at radius 2 is 2.36 bits per heavy atom. The van der Waals surface area contributed by atoms with Gasteiger partial charge in [0.2, 0.25) is 0 Å². The smallest absolute Gasteiger partial charge is 0.0261 e. The number of hydrogen-bond acceptors (Lipinski definition) is 2. The van der Waals surface area contributed by atoms with Gasteiger partial charge in [-0.3, -0.25) is 4.90 Å². The Morgan fingerprint density at radius 3 is 3.18 bits per heavy atom. The van der Waals surface area contributed by atoms with E-state index < -0.39 is 0 Å². The van der Waals surface area contributed by atoms with Crippen molar-refractivity contribution >= 4 is 0 Å². The predicted molar refractivity (Wildman–Crippen MR) is 46.7 cm³/mol. The van der Waals surface area contributed by atoms with E-state index in [4.69, 9.17) is 0 Å². The number of fused-ring (bicyclic) bond motifs is 1. The van der Waals surface area contributed by atoms with E-state index in [1.165, 1.54) is 38.9 Å². The van der Waals surface area contributed by atoms with E-state index in [-0.39, 0.29) is 0 Å². The van der Waals surface area contributed by atoms with Crippen molar-refractivity contribution in [2.45, 2.75) is 38.3 Å². The maximum Gasteiger partial charge on any atom is 0.0261 e. The summed E-state index contributed by atoms with van der Waals surface area (Å²) in [6.45, 7) is 6.09. The van der Waals surface area contributed by atoms with Crippen molar-refractivity contribution in [1.29, 1.82) is 0 Å². The van der Waals surface area contributed by atoms with Crippen LogP contribution in [0.2, 0.25) is 0 Å². The zero-order valence-electron chi connectivity index (χ0n) is 7.34. The third-order valence-electron chi connectivity index (χ3n) is 3.15. The molecule has 0 amide bonds. The SMILES string of the molecule is CCN1CCCC2NCCC21. The highest BCUT2D eigenvalue weighted by Crippen LogP contribution is 2.23. The summed E-state index contributed by atoms with van der Waals surface area (Å²) in [5.41, 5.74) is 0. The second kappa shape index (κ2) is 3.11. The van der Waals surface area contributed by atoms with Crippen LogP contribution in [0.25, 0.3) is 0 Å². The molecule has 2 aliphatic heterocycles.